The van der Waals surface area contributed by atoms with E-state index in [0.29, 0.717) is 0 Å². The number of hydrogen-bond acceptors (Lipinski definition) is 4. The Morgan fingerprint density at radius 2 is 1.89 bits per heavy atom. The van der Waals surface area contributed by atoms with Gasteiger partial charge in [0.15, 0.2) is 0 Å². The van der Waals surface area contributed by atoms with E-state index in [1.165, 1.54) is 10.5 Å². The fourth-order valence-corrected chi connectivity index (χ4v) is 2.18. The van der Waals surface area contributed by atoms with Gasteiger partial charge in [-0.1, -0.05) is 24.3 Å². The van der Waals surface area contributed by atoms with Gasteiger partial charge in [-0.05, 0) is 49.8 Å². The van der Waals surface area contributed by atoms with Crippen molar-refractivity contribution in [2.24, 2.45) is 0 Å². The van der Waals surface area contributed by atoms with Gasteiger partial charge < -0.3 is 9.62 Å². The average molecular weight is 259 g/mol. The first-order valence-corrected chi connectivity index (χ1v) is 6.63. The molecule has 1 N–H and O–H groups in total. The van der Waals surface area contributed by atoms with E-state index in [-0.39, 0.29) is 0 Å². The maximum atomic E-state index is 4.39. The van der Waals surface area contributed by atoms with E-state index in [4.69, 9.17) is 0 Å². The smallest absolute Gasteiger partial charge is 0.136 e. The topological polar surface area (TPSA) is 28.2 Å². The van der Waals surface area contributed by atoms with Gasteiger partial charge in [0.2, 0.25) is 0 Å². The lowest BCUT2D eigenvalue weighted by atomic mass is 10.3. The lowest BCUT2D eigenvalue weighted by molar-refractivity contribution is 0.402. The largest absolute Gasteiger partial charge is 0.310 e. The molecule has 1 aromatic carbocycles. The predicted molar refractivity (Wildman–Crippen MR) is 77.5 cm³/mol. The molecule has 4 heteroatoms. The minimum atomic E-state index is 0.881. The highest BCUT2D eigenvalue weighted by molar-refractivity contribution is 8.00. The molecule has 1 aromatic heterocycles. The Morgan fingerprint density at radius 3 is 2.50 bits per heavy atom. The van der Waals surface area contributed by atoms with Crippen molar-refractivity contribution in [3.8, 4) is 0 Å². The molecule has 0 radical (unpaired) electrons. The quantitative estimate of drug-likeness (QED) is 0.834. The van der Waals surface area contributed by atoms with Crippen LogP contribution in [0.15, 0.2) is 53.6 Å². The van der Waals surface area contributed by atoms with Gasteiger partial charge in [-0.25, -0.2) is 4.98 Å². The number of nitrogens with one attached hydrogen (secondary N) is 1. The van der Waals surface area contributed by atoms with E-state index >= 15 is 0 Å². The van der Waals surface area contributed by atoms with Gasteiger partial charge in [-0.2, -0.15) is 0 Å². The van der Waals surface area contributed by atoms with Crippen LogP contribution in [0.4, 0.5) is 5.82 Å². The highest BCUT2D eigenvalue weighted by atomic mass is 32.2. The zero-order chi connectivity index (χ0) is 12.8. The highest BCUT2D eigenvalue weighted by Crippen LogP contribution is 2.19. The van der Waals surface area contributed by atoms with Gasteiger partial charge >= 0.3 is 0 Å². The number of aromatic nitrogens is 1. The van der Waals surface area contributed by atoms with Crippen LogP contribution in [0.1, 0.15) is 5.56 Å². The first-order valence-electron chi connectivity index (χ1n) is 5.81. The Morgan fingerprint density at radius 1 is 1.11 bits per heavy atom. The molecule has 3 nitrogen and oxygen atoms in total. The van der Waals surface area contributed by atoms with Gasteiger partial charge in [-0.3, -0.25) is 0 Å². The van der Waals surface area contributed by atoms with Gasteiger partial charge in [0.05, 0.1) is 0 Å². The minimum absolute atomic E-state index is 0.881. The second-order valence-corrected chi connectivity index (χ2v) is 5.19. The van der Waals surface area contributed by atoms with Gasteiger partial charge in [0, 0.05) is 17.6 Å². The maximum Gasteiger partial charge on any atom is 0.136 e. The number of benzene rings is 1. The monoisotopic (exact) mass is 259 g/mol. The van der Waals surface area contributed by atoms with Crippen LogP contribution in [0.25, 0.3) is 0 Å². The SMILES string of the molecule is CN(C)Cc1ccc(NSc2ccccc2)nc1. The number of hydrogen-bond donors (Lipinski definition) is 1. The molecule has 0 atom stereocenters. The number of rotatable bonds is 5. The molecule has 0 aliphatic carbocycles. The summed E-state index contributed by atoms with van der Waals surface area (Å²) in [5, 5.41) is 0. The lowest BCUT2D eigenvalue weighted by Gasteiger charge is -2.10. The summed E-state index contributed by atoms with van der Waals surface area (Å²) in [5.74, 6) is 0.881. The molecule has 0 amide bonds. The molecule has 0 saturated heterocycles. The van der Waals surface area contributed by atoms with Crippen molar-refractivity contribution in [3.63, 3.8) is 0 Å². The lowest BCUT2D eigenvalue weighted by Crippen LogP contribution is -2.10. The van der Waals surface area contributed by atoms with Crippen LogP contribution in [0, 0.1) is 0 Å². The molecule has 0 saturated carbocycles. The Kier molecular flexibility index (Phi) is 4.61. The van der Waals surface area contributed by atoms with E-state index in [0.717, 1.165) is 12.4 Å². The Labute approximate surface area is 112 Å². The number of anilines is 1. The van der Waals surface area contributed by atoms with Crippen LogP contribution >= 0.6 is 11.9 Å². The van der Waals surface area contributed by atoms with Crippen LogP contribution in [-0.2, 0) is 6.54 Å². The molecule has 0 fully saturated rings. The minimum Gasteiger partial charge on any atom is -0.310 e. The van der Waals surface area contributed by atoms with Crippen molar-refractivity contribution < 1.29 is 0 Å². The van der Waals surface area contributed by atoms with Crippen LogP contribution in [0.5, 0.6) is 0 Å². The summed E-state index contributed by atoms with van der Waals surface area (Å²) >= 11 is 1.57. The van der Waals surface area contributed by atoms with E-state index in [1.807, 2.05) is 30.5 Å². The number of nitrogens with zero attached hydrogens (tertiary/aromatic N) is 2. The van der Waals surface area contributed by atoms with Crippen LogP contribution < -0.4 is 4.72 Å². The van der Waals surface area contributed by atoms with Crippen molar-refractivity contribution in [3.05, 3.63) is 54.2 Å². The highest BCUT2D eigenvalue weighted by Gasteiger charge is 1.98. The molecule has 0 bridgehead atoms. The zero-order valence-corrected chi connectivity index (χ0v) is 11.4. The van der Waals surface area contributed by atoms with E-state index < -0.39 is 0 Å². The average Bonchev–Trinajstić information content (AvgIpc) is 2.38. The van der Waals surface area contributed by atoms with Crippen molar-refractivity contribution in [1.82, 2.24) is 9.88 Å². The zero-order valence-electron chi connectivity index (χ0n) is 10.6. The Balaban J connectivity index is 1.90. The Bertz CT molecular complexity index is 468. The number of pyridine rings is 1. The first-order chi connectivity index (χ1) is 8.74. The van der Waals surface area contributed by atoms with E-state index in [2.05, 4.69) is 46.9 Å². The summed E-state index contributed by atoms with van der Waals surface area (Å²) < 4.78 is 3.23. The molecular formula is C14H17N3S. The molecule has 18 heavy (non-hydrogen) atoms. The second-order valence-electron chi connectivity index (χ2n) is 4.31. The maximum absolute atomic E-state index is 4.39. The first kappa shape index (κ1) is 12.9. The molecule has 0 aliphatic heterocycles. The normalized spacial score (nSPS) is 10.6. The van der Waals surface area contributed by atoms with E-state index in [1.54, 1.807) is 11.9 Å². The van der Waals surface area contributed by atoms with E-state index in [9.17, 15) is 0 Å². The third-order valence-corrected chi connectivity index (χ3v) is 3.16. The van der Waals surface area contributed by atoms with Crippen LogP contribution in [0.3, 0.4) is 0 Å². The molecule has 0 aliphatic rings. The van der Waals surface area contributed by atoms with Gasteiger partial charge in [0.1, 0.15) is 5.82 Å². The predicted octanol–water partition coefficient (Wildman–Crippen LogP) is 3.26. The molecular weight excluding hydrogens is 242 g/mol. The summed E-state index contributed by atoms with van der Waals surface area (Å²) in [7, 11) is 4.11. The second kappa shape index (κ2) is 6.42. The van der Waals surface area contributed by atoms with Gasteiger partial charge in [0.25, 0.3) is 0 Å². The molecule has 1 heterocycles. The van der Waals surface area contributed by atoms with Crippen LogP contribution in [0.2, 0.25) is 0 Å². The Hall–Kier alpha value is -1.52. The fraction of sp³-hybridized carbons (Fsp3) is 0.214. The summed E-state index contributed by atoms with van der Waals surface area (Å²) in [5.41, 5.74) is 1.22. The molecule has 0 unspecified atom stereocenters. The summed E-state index contributed by atoms with van der Waals surface area (Å²) in [6.45, 7) is 0.916. The molecule has 2 rings (SSSR count). The van der Waals surface area contributed by atoms with Gasteiger partial charge in [-0.15, -0.1) is 0 Å². The molecule has 94 valence electrons. The summed E-state index contributed by atoms with van der Waals surface area (Å²) in [6, 6.07) is 14.3. The van der Waals surface area contributed by atoms with Crippen molar-refractivity contribution in [2.75, 3.05) is 18.8 Å². The molecule has 0 spiro atoms. The van der Waals surface area contributed by atoms with Crippen LogP contribution in [-0.4, -0.2) is 24.0 Å². The standard InChI is InChI=1S/C14H17N3S/c1-17(2)11-12-8-9-14(15-10-12)16-18-13-6-4-3-5-7-13/h3-10H,11H2,1-2H3,(H,15,16). The third kappa shape index (κ3) is 4.05. The summed E-state index contributed by atoms with van der Waals surface area (Å²) in [4.78, 5) is 7.69. The summed E-state index contributed by atoms with van der Waals surface area (Å²) in [6.07, 6.45) is 1.91. The van der Waals surface area contributed by atoms with Crippen molar-refractivity contribution in [1.29, 1.82) is 0 Å². The molecule has 2 aromatic rings. The van der Waals surface area contributed by atoms with Crippen molar-refractivity contribution in [2.45, 2.75) is 11.4 Å². The third-order valence-electron chi connectivity index (χ3n) is 2.34. The van der Waals surface area contributed by atoms with Crippen molar-refractivity contribution >= 4 is 17.8 Å². The fourth-order valence-electron chi connectivity index (χ4n) is 1.54.